The van der Waals surface area contributed by atoms with E-state index in [4.69, 9.17) is 5.21 Å². The van der Waals surface area contributed by atoms with Crippen LogP contribution in [0.2, 0.25) is 0 Å². The van der Waals surface area contributed by atoms with Gasteiger partial charge in [-0.2, -0.15) is 5.10 Å². The van der Waals surface area contributed by atoms with Crippen LogP contribution in [0, 0.1) is 0 Å². The number of nitrogens with one attached hydrogen (secondary N) is 2. The van der Waals surface area contributed by atoms with Gasteiger partial charge in [-0.25, -0.2) is 5.48 Å². The highest BCUT2D eigenvalue weighted by molar-refractivity contribution is 5.91. The van der Waals surface area contributed by atoms with Crippen molar-refractivity contribution in [3.8, 4) is 0 Å². The Kier molecular flexibility index (Phi) is 2.38. The van der Waals surface area contributed by atoms with Crippen molar-refractivity contribution < 1.29 is 10.0 Å². The number of hydroxylamine groups is 1. The van der Waals surface area contributed by atoms with E-state index in [-0.39, 0.29) is 11.1 Å². The van der Waals surface area contributed by atoms with Crippen molar-refractivity contribution in [1.29, 1.82) is 0 Å². The Bertz CT molecular complexity index is 311. The van der Waals surface area contributed by atoms with E-state index in [0.717, 1.165) is 5.69 Å². The lowest BCUT2D eigenvalue weighted by molar-refractivity contribution is 0.0700. The average molecular weight is 183 g/mol. The number of amides is 1. The Labute approximate surface area is 76.1 Å². The summed E-state index contributed by atoms with van der Waals surface area (Å²) in [4.78, 5) is 10.9. The van der Waals surface area contributed by atoms with E-state index >= 15 is 0 Å². The molecule has 0 bridgehead atoms. The highest BCUT2D eigenvalue weighted by Crippen LogP contribution is 2.19. The van der Waals surface area contributed by atoms with Crippen LogP contribution in [0.4, 0.5) is 0 Å². The number of hydrogen-bond donors (Lipinski definition) is 3. The van der Waals surface area contributed by atoms with E-state index in [1.165, 1.54) is 5.48 Å². The standard InChI is InChI=1S/C8H13N3O2/c1-8(2,3)6-4-5(9-10-6)7(12)11-13/h4,13H,1-3H3,(H,9,10)(H,11,12). The summed E-state index contributed by atoms with van der Waals surface area (Å²) in [6.07, 6.45) is 0. The minimum absolute atomic E-state index is 0.0824. The summed E-state index contributed by atoms with van der Waals surface area (Å²) >= 11 is 0. The number of carbonyl (C=O) groups excluding carboxylic acids is 1. The second kappa shape index (κ2) is 3.18. The molecule has 1 aromatic heterocycles. The first kappa shape index (κ1) is 9.73. The fourth-order valence-corrected chi connectivity index (χ4v) is 0.880. The van der Waals surface area contributed by atoms with E-state index < -0.39 is 5.91 Å². The van der Waals surface area contributed by atoms with Gasteiger partial charge in [0.2, 0.25) is 0 Å². The molecular weight excluding hydrogens is 170 g/mol. The van der Waals surface area contributed by atoms with Crippen molar-refractivity contribution in [2.24, 2.45) is 0 Å². The molecular formula is C8H13N3O2. The molecule has 0 spiro atoms. The Hall–Kier alpha value is -1.36. The Morgan fingerprint density at radius 1 is 1.62 bits per heavy atom. The fraction of sp³-hybridized carbons (Fsp3) is 0.500. The fourth-order valence-electron chi connectivity index (χ4n) is 0.880. The number of aromatic amines is 1. The molecule has 72 valence electrons. The molecule has 1 aromatic rings. The third kappa shape index (κ3) is 2.06. The molecule has 0 saturated heterocycles. The number of carbonyl (C=O) groups is 1. The molecule has 0 radical (unpaired) electrons. The largest absolute Gasteiger partial charge is 0.295 e. The number of hydrogen-bond acceptors (Lipinski definition) is 3. The van der Waals surface area contributed by atoms with E-state index in [9.17, 15) is 4.79 Å². The minimum atomic E-state index is -0.605. The number of aromatic nitrogens is 2. The van der Waals surface area contributed by atoms with Crippen LogP contribution in [0.3, 0.4) is 0 Å². The Morgan fingerprint density at radius 3 is 2.62 bits per heavy atom. The van der Waals surface area contributed by atoms with Gasteiger partial charge in [0.25, 0.3) is 5.91 Å². The van der Waals surface area contributed by atoms with Gasteiger partial charge in [0.1, 0.15) is 0 Å². The number of nitrogens with zero attached hydrogens (tertiary/aromatic N) is 1. The van der Waals surface area contributed by atoms with Crippen molar-refractivity contribution in [1.82, 2.24) is 15.7 Å². The Morgan fingerprint density at radius 2 is 2.23 bits per heavy atom. The van der Waals surface area contributed by atoms with Gasteiger partial charge in [0.15, 0.2) is 5.69 Å². The minimum Gasteiger partial charge on any atom is -0.288 e. The molecule has 1 heterocycles. The first-order chi connectivity index (χ1) is 5.95. The predicted octanol–water partition coefficient (Wildman–Crippen LogP) is 0.826. The maximum Gasteiger partial charge on any atom is 0.295 e. The van der Waals surface area contributed by atoms with E-state index in [1.54, 1.807) is 6.07 Å². The van der Waals surface area contributed by atoms with Crippen LogP contribution in [0.15, 0.2) is 6.07 Å². The molecule has 5 nitrogen and oxygen atoms in total. The van der Waals surface area contributed by atoms with Crippen LogP contribution in [-0.4, -0.2) is 21.3 Å². The molecule has 0 saturated carbocycles. The van der Waals surface area contributed by atoms with E-state index in [1.807, 2.05) is 20.8 Å². The Balaban J connectivity index is 2.93. The maximum absolute atomic E-state index is 10.9. The van der Waals surface area contributed by atoms with Gasteiger partial charge in [-0.05, 0) is 6.07 Å². The smallest absolute Gasteiger partial charge is 0.288 e. The summed E-state index contributed by atoms with van der Waals surface area (Å²) < 4.78 is 0. The molecule has 0 aliphatic carbocycles. The topological polar surface area (TPSA) is 78.0 Å². The van der Waals surface area contributed by atoms with Crippen LogP contribution in [0.5, 0.6) is 0 Å². The molecule has 0 unspecified atom stereocenters. The second-order valence-corrected chi connectivity index (χ2v) is 3.86. The lowest BCUT2D eigenvalue weighted by atomic mass is 9.92. The predicted molar refractivity (Wildman–Crippen MR) is 46.5 cm³/mol. The first-order valence-corrected chi connectivity index (χ1v) is 3.95. The molecule has 1 rings (SSSR count). The molecule has 13 heavy (non-hydrogen) atoms. The highest BCUT2D eigenvalue weighted by Gasteiger charge is 2.18. The van der Waals surface area contributed by atoms with E-state index in [2.05, 4.69) is 10.2 Å². The van der Waals surface area contributed by atoms with Crippen molar-refractivity contribution in [3.63, 3.8) is 0 Å². The van der Waals surface area contributed by atoms with Gasteiger partial charge in [0, 0.05) is 11.1 Å². The van der Waals surface area contributed by atoms with Gasteiger partial charge in [-0.15, -0.1) is 0 Å². The third-order valence-corrected chi connectivity index (χ3v) is 1.72. The summed E-state index contributed by atoms with van der Waals surface area (Å²) in [5, 5.41) is 14.8. The van der Waals surface area contributed by atoms with Crippen molar-refractivity contribution in [3.05, 3.63) is 17.5 Å². The SMILES string of the molecule is CC(C)(C)c1cc(C(=O)NO)n[nH]1. The molecule has 0 aromatic carbocycles. The summed E-state index contributed by atoms with van der Waals surface area (Å²) in [6.45, 7) is 6.00. The molecule has 0 fully saturated rings. The van der Waals surface area contributed by atoms with Gasteiger partial charge < -0.3 is 0 Å². The molecule has 3 N–H and O–H groups in total. The summed E-state index contributed by atoms with van der Waals surface area (Å²) in [7, 11) is 0. The molecule has 0 atom stereocenters. The van der Waals surface area contributed by atoms with Crippen LogP contribution in [-0.2, 0) is 5.41 Å². The molecule has 0 aliphatic heterocycles. The average Bonchev–Trinajstić information content (AvgIpc) is 2.50. The van der Waals surface area contributed by atoms with Gasteiger partial charge in [-0.1, -0.05) is 20.8 Å². The normalized spacial score (nSPS) is 11.4. The van der Waals surface area contributed by atoms with Crippen LogP contribution in [0.1, 0.15) is 37.0 Å². The third-order valence-electron chi connectivity index (χ3n) is 1.72. The van der Waals surface area contributed by atoms with Gasteiger partial charge in [-0.3, -0.25) is 15.1 Å². The first-order valence-electron chi connectivity index (χ1n) is 3.95. The zero-order valence-electron chi connectivity index (χ0n) is 7.88. The van der Waals surface area contributed by atoms with Gasteiger partial charge in [0.05, 0.1) is 0 Å². The lowest BCUT2D eigenvalue weighted by Gasteiger charge is -2.14. The summed E-state index contributed by atoms with van der Waals surface area (Å²) in [5.41, 5.74) is 2.48. The van der Waals surface area contributed by atoms with Crippen LogP contribution in [0.25, 0.3) is 0 Å². The monoisotopic (exact) mass is 183 g/mol. The van der Waals surface area contributed by atoms with E-state index in [0.29, 0.717) is 0 Å². The zero-order chi connectivity index (χ0) is 10.1. The van der Waals surface area contributed by atoms with Crippen LogP contribution < -0.4 is 5.48 Å². The molecule has 5 heteroatoms. The second-order valence-electron chi connectivity index (χ2n) is 3.86. The quantitative estimate of drug-likeness (QED) is 0.445. The summed E-state index contributed by atoms with van der Waals surface area (Å²) in [6, 6.07) is 1.62. The molecule has 1 amide bonds. The lowest BCUT2D eigenvalue weighted by Crippen LogP contribution is -2.19. The number of rotatable bonds is 1. The summed E-state index contributed by atoms with van der Waals surface area (Å²) in [5.74, 6) is -0.605. The van der Waals surface area contributed by atoms with Crippen molar-refractivity contribution in [2.45, 2.75) is 26.2 Å². The number of H-pyrrole nitrogens is 1. The van der Waals surface area contributed by atoms with Gasteiger partial charge >= 0.3 is 0 Å². The zero-order valence-corrected chi connectivity index (χ0v) is 7.88. The van der Waals surface area contributed by atoms with Crippen LogP contribution >= 0.6 is 0 Å². The van der Waals surface area contributed by atoms with Crippen molar-refractivity contribution >= 4 is 5.91 Å². The molecule has 0 aliphatic rings. The highest BCUT2D eigenvalue weighted by atomic mass is 16.5. The van der Waals surface area contributed by atoms with Crippen molar-refractivity contribution in [2.75, 3.05) is 0 Å². The maximum atomic E-state index is 10.9.